The minimum Gasteiger partial charge on any atom is -0.426 e. The van der Waals surface area contributed by atoms with Crippen molar-refractivity contribution in [1.29, 1.82) is 0 Å². The molecule has 1 aromatic carbocycles. The van der Waals surface area contributed by atoms with Crippen LogP contribution in [0.5, 0.6) is 5.75 Å². The number of pyridine rings is 1. The van der Waals surface area contributed by atoms with Crippen molar-refractivity contribution in [2.24, 2.45) is 0 Å². The van der Waals surface area contributed by atoms with E-state index in [0.29, 0.717) is 15.8 Å². The van der Waals surface area contributed by atoms with Crippen molar-refractivity contribution >= 4 is 40.9 Å². The highest BCUT2D eigenvalue weighted by atomic mass is 35.5. The van der Waals surface area contributed by atoms with E-state index in [4.69, 9.17) is 27.9 Å². The van der Waals surface area contributed by atoms with Crippen LogP contribution in [0.15, 0.2) is 46.5 Å². The highest BCUT2D eigenvalue weighted by molar-refractivity contribution is 7.99. The summed E-state index contributed by atoms with van der Waals surface area (Å²) in [5.74, 6) is 0.0758. The molecule has 0 atom stereocenters. The molecule has 0 aliphatic rings. The fourth-order valence-corrected chi connectivity index (χ4v) is 2.55. The lowest BCUT2D eigenvalue weighted by atomic mass is 10.3. The predicted octanol–water partition coefficient (Wildman–Crippen LogP) is 4.46. The Morgan fingerprint density at radius 2 is 1.95 bits per heavy atom. The summed E-state index contributed by atoms with van der Waals surface area (Å²) in [6, 6.07) is 8.57. The Hall–Kier alpha value is -1.23. The lowest BCUT2D eigenvalue weighted by Crippen LogP contribution is -2.02. The molecule has 0 aliphatic carbocycles. The van der Waals surface area contributed by atoms with Gasteiger partial charge in [0, 0.05) is 18.1 Å². The first-order valence-electron chi connectivity index (χ1n) is 5.32. The number of aromatic nitrogens is 1. The van der Waals surface area contributed by atoms with Crippen LogP contribution in [0.1, 0.15) is 6.92 Å². The van der Waals surface area contributed by atoms with Crippen molar-refractivity contribution in [3.05, 3.63) is 46.6 Å². The molecule has 0 N–H and O–H groups in total. The molecule has 0 amide bonds. The molecule has 0 radical (unpaired) electrons. The quantitative estimate of drug-likeness (QED) is 0.619. The number of ether oxygens (including phenoxy) is 1. The Kier molecular flexibility index (Phi) is 4.69. The SMILES string of the molecule is CC(=O)Oc1ccc(Cl)cc1Sc1ccc(Cl)cn1. The normalized spacial score (nSPS) is 10.3. The molecule has 1 aromatic heterocycles. The van der Waals surface area contributed by atoms with E-state index >= 15 is 0 Å². The highest BCUT2D eigenvalue weighted by Gasteiger charge is 2.09. The van der Waals surface area contributed by atoms with Crippen molar-refractivity contribution in [2.45, 2.75) is 16.8 Å². The molecule has 0 fully saturated rings. The molecule has 3 nitrogen and oxygen atoms in total. The molecule has 0 spiro atoms. The van der Waals surface area contributed by atoms with Gasteiger partial charge in [0.15, 0.2) is 0 Å². The van der Waals surface area contributed by atoms with E-state index in [1.54, 1.807) is 36.5 Å². The van der Waals surface area contributed by atoms with Gasteiger partial charge < -0.3 is 4.74 Å². The second kappa shape index (κ2) is 6.28. The molecule has 19 heavy (non-hydrogen) atoms. The van der Waals surface area contributed by atoms with Gasteiger partial charge >= 0.3 is 5.97 Å². The first-order chi connectivity index (χ1) is 9.04. The van der Waals surface area contributed by atoms with Crippen molar-refractivity contribution in [3.8, 4) is 5.75 Å². The van der Waals surface area contributed by atoms with Gasteiger partial charge in [-0.1, -0.05) is 35.0 Å². The summed E-state index contributed by atoms with van der Waals surface area (Å²) >= 11 is 13.1. The summed E-state index contributed by atoms with van der Waals surface area (Å²) in [7, 11) is 0. The third-order valence-electron chi connectivity index (χ3n) is 2.07. The summed E-state index contributed by atoms with van der Waals surface area (Å²) in [5.41, 5.74) is 0. The zero-order valence-electron chi connectivity index (χ0n) is 9.89. The summed E-state index contributed by atoms with van der Waals surface area (Å²) in [5, 5.41) is 1.86. The van der Waals surface area contributed by atoms with Crippen molar-refractivity contribution in [1.82, 2.24) is 4.98 Å². The zero-order chi connectivity index (χ0) is 13.8. The maximum absolute atomic E-state index is 11.0. The van der Waals surface area contributed by atoms with E-state index in [1.807, 2.05) is 0 Å². The number of rotatable bonds is 3. The van der Waals surface area contributed by atoms with Gasteiger partial charge in [0.25, 0.3) is 0 Å². The monoisotopic (exact) mass is 313 g/mol. The molecule has 0 unspecified atom stereocenters. The smallest absolute Gasteiger partial charge is 0.308 e. The third kappa shape index (κ3) is 4.13. The van der Waals surface area contributed by atoms with Crippen molar-refractivity contribution in [2.75, 3.05) is 0 Å². The second-order valence-electron chi connectivity index (χ2n) is 3.60. The first-order valence-corrected chi connectivity index (χ1v) is 6.89. The maximum Gasteiger partial charge on any atom is 0.308 e. The Labute approximate surface area is 124 Å². The van der Waals surface area contributed by atoms with Crippen LogP contribution in [-0.4, -0.2) is 11.0 Å². The summed E-state index contributed by atoms with van der Waals surface area (Å²) in [6.45, 7) is 1.35. The average Bonchev–Trinajstić information content (AvgIpc) is 2.35. The predicted molar refractivity (Wildman–Crippen MR) is 76.1 cm³/mol. The van der Waals surface area contributed by atoms with Gasteiger partial charge in [0.05, 0.1) is 9.92 Å². The molecule has 2 aromatic rings. The number of carbonyl (C=O) groups excluding carboxylic acids is 1. The van der Waals surface area contributed by atoms with E-state index in [1.165, 1.54) is 18.7 Å². The molecule has 0 saturated carbocycles. The van der Waals surface area contributed by atoms with Crippen LogP contribution >= 0.6 is 35.0 Å². The Balaban J connectivity index is 2.29. The van der Waals surface area contributed by atoms with Crippen LogP contribution in [0.2, 0.25) is 10.0 Å². The standard InChI is InChI=1S/C13H9Cl2NO2S/c1-8(17)18-11-4-2-9(14)6-12(11)19-13-5-3-10(15)7-16-13/h2-7H,1H3. The molecule has 0 bridgehead atoms. The number of hydrogen-bond acceptors (Lipinski definition) is 4. The lowest BCUT2D eigenvalue weighted by Gasteiger charge is -2.08. The van der Waals surface area contributed by atoms with Crippen LogP contribution < -0.4 is 4.74 Å². The van der Waals surface area contributed by atoms with Gasteiger partial charge in [-0.2, -0.15) is 0 Å². The topological polar surface area (TPSA) is 39.2 Å². The molecule has 0 saturated heterocycles. The number of benzene rings is 1. The van der Waals surface area contributed by atoms with E-state index in [2.05, 4.69) is 4.98 Å². The zero-order valence-corrected chi connectivity index (χ0v) is 12.2. The van der Waals surface area contributed by atoms with Gasteiger partial charge in [-0.25, -0.2) is 4.98 Å². The summed E-state index contributed by atoms with van der Waals surface area (Å²) < 4.78 is 5.12. The van der Waals surface area contributed by atoms with Crippen molar-refractivity contribution in [3.63, 3.8) is 0 Å². The number of hydrogen-bond donors (Lipinski definition) is 0. The number of nitrogens with zero attached hydrogens (tertiary/aromatic N) is 1. The highest BCUT2D eigenvalue weighted by Crippen LogP contribution is 2.36. The molecule has 2 rings (SSSR count). The van der Waals surface area contributed by atoms with Crippen LogP contribution in [0.4, 0.5) is 0 Å². The molecule has 0 aliphatic heterocycles. The average molecular weight is 314 g/mol. The summed E-state index contributed by atoms with van der Waals surface area (Å²) in [6.07, 6.45) is 1.56. The van der Waals surface area contributed by atoms with Crippen LogP contribution in [0.3, 0.4) is 0 Å². The Morgan fingerprint density at radius 3 is 2.58 bits per heavy atom. The van der Waals surface area contributed by atoms with Gasteiger partial charge in [-0.3, -0.25) is 4.79 Å². The molecule has 1 heterocycles. The Morgan fingerprint density at radius 1 is 1.21 bits per heavy atom. The minimum atomic E-state index is -0.381. The second-order valence-corrected chi connectivity index (χ2v) is 5.54. The molecular weight excluding hydrogens is 305 g/mol. The summed E-state index contributed by atoms with van der Waals surface area (Å²) in [4.78, 5) is 15.9. The number of halogens is 2. The molecular formula is C13H9Cl2NO2S. The van der Waals surface area contributed by atoms with E-state index in [9.17, 15) is 4.79 Å². The van der Waals surface area contributed by atoms with Gasteiger partial charge in [0.1, 0.15) is 10.8 Å². The lowest BCUT2D eigenvalue weighted by molar-refractivity contribution is -0.132. The van der Waals surface area contributed by atoms with Gasteiger partial charge in [-0.05, 0) is 30.3 Å². The van der Waals surface area contributed by atoms with Crippen molar-refractivity contribution < 1.29 is 9.53 Å². The van der Waals surface area contributed by atoms with Crippen LogP contribution in [-0.2, 0) is 4.79 Å². The van der Waals surface area contributed by atoms with Crippen LogP contribution in [0.25, 0.3) is 0 Å². The van der Waals surface area contributed by atoms with E-state index in [-0.39, 0.29) is 5.97 Å². The Bertz CT molecular complexity index is 602. The van der Waals surface area contributed by atoms with E-state index in [0.717, 1.165) is 9.92 Å². The fourth-order valence-electron chi connectivity index (χ4n) is 1.34. The number of carbonyl (C=O) groups is 1. The maximum atomic E-state index is 11.0. The largest absolute Gasteiger partial charge is 0.426 e. The van der Waals surface area contributed by atoms with Gasteiger partial charge in [0.2, 0.25) is 0 Å². The number of esters is 1. The first kappa shape index (κ1) is 14.2. The van der Waals surface area contributed by atoms with Crippen LogP contribution in [0, 0.1) is 0 Å². The molecule has 98 valence electrons. The third-order valence-corrected chi connectivity index (χ3v) is 3.52. The fraction of sp³-hybridized carbons (Fsp3) is 0.0769. The minimum absolute atomic E-state index is 0.381. The van der Waals surface area contributed by atoms with Gasteiger partial charge in [-0.15, -0.1) is 0 Å². The van der Waals surface area contributed by atoms with E-state index < -0.39 is 0 Å². The molecule has 6 heteroatoms.